The number of aliphatic hydroxyl groups excluding tert-OH is 1. The number of fused-ring (bicyclic) bond motifs is 1. The minimum atomic E-state index is -3.92. The van der Waals surface area contributed by atoms with E-state index in [1.807, 2.05) is 0 Å². The smallest absolute Gasteiger partial charge is 0.261 e. The van der Waals surface area contributed by atoms with Crippen LogP contribution in [0.1, 0.15) is 27.1 Å². The van der Waals surface area contributed by atoms with Crippen LogP contribution in [0.2, 0.25) is 0 Å². The maximum atomic E-state index is 12.2. The summed E-state index contributed by atoms with van der Waals surface area (Å²) in [6.45, 7) is 3.08. The first-order valence-corrected chi connectivity index (χ1v) is 10.6. The normalized spacial score (nSPS) is 14.0. The van der Waals surface area contributed by atoms with Gasteiger partial charge in [-0.1, -0.05) is 12.1 Å². The molecule has 1 aromatic rings. The van der Waals surface area contributed by atoms with Crippen molar-refractivity contribution < 1.29 is 36.9 Å². The van der Waals surface area contributed by atoms with Crippen LogP contribution in [0.3, 0.4) is 0 Å². The lowest BCUT2D eigenvalue weighted by atomic mass is 10.1. The van der Waals surface area contributed by atoms with Gasteiger partial charge in [0.05, 0.1) is 61.6 Å². The standard InChI is InChI=1S/C17H25N2O4.CH4O3S/c1-19(2,9-5-11-20)10-13-23-12-8-18-16(21)14-6-3-4-7-15(14)17(18)22;1-5(2,3)4/h3-4,6-7,20H,5,8-13H2,1-2H3;1H3,(H,2,3,4)/q+1;/p-1. The molecule has 0 radical (unpaired) electrons. The van der Waals surface area contributed by atoms with Crippen LogP contribution in [-0.2, 0) is 14.9 Å². The van der Waals surface area contributed by atoms with Gasteiger partial charge in [-0.2, -0.15) is 0 Å². The van der Waals surface area contributed by atoms with E-state index in [0.29, 0.717) is 30.6 Å². The summed E-state index contributed by atoms with van der Waals surface area (Å²) in [6, 6.07) is 6.88. The molecule has 2 rings (SSSR count). The summed E-state index contributed by atoms with van der Waals surface area (Å²) in [7, 11) is 0.256. The summed E-state index contributed by atoms with van der Waals surface area (Å²) in [5, 5.41) is 8.87. The van der Waals surface area contributed by atoms with Crippen molar-refractivity contribution in [3.63, 3.8) is 0 Å². The Bertz CT molecular complexity index is 735. The van der Waals surface area contributed by atoms with Gasteiger partial charge in [-0.3, -0.25) is 14.5 Å². The molecular formula is C18H28N2O7S. The third-order valence-electron chi connectivity index (χ3n) is 4.10. The topological polar surface area (TPSA) is 124 Å². The monoisotopic (exact) mass is 416 g/mol. The van der Waals surface area contributed by atoms with Crippen molar-refractivity contribution in [3.05, 3.63) is 35.4 Å². The molecule has 0 saturated carbocycles. The Morgan fingerprint density at radius 2 is 1.57 bits per heavy atom. The predicted molar refractivity (Wildman–Crippen MR) is 102 cm³/mol. The van der Waals surface area contributed by atoms with Crippen LogP contribution in [-0.4, -0.2) is 99.1 Å². The van der Waals surface area contributed by atoms with Crippen molar-refractivity contribution in [1.29, 1.82) is 0 Å². The number of rotatable bonds is 9. The highest BCUT2D eigenvalue weighted by Crippen LogP contribution is 2.21. The Balaban J connectivity index is 0.000000696. The van der Waals surface area contributed by atoms with Crippen LogP contribution in [0.15, 0.2) is 24.3 Å². The van der Waals surface area contributed by atoms with Gasteiger partial charge in [-0.15, -0.1) is 0 Å². The number of carbonyl (C=O) groups excluding carboxylic acids is 2. The maximum Gasteiger partial charge on any atom is 0.261 e. The van der Waals surface area contributed by atoms with Gasteiger partial charge < -0.3 is 18.9 Å². The minimum Gasteiger partial charge on any atom is -0.748 e. The summed E-state index contributed by atoms with van der Waals surface area (Å²) < 4.78 is 33.6. The Hall–Kier alpha value is -1.85. The molecule has 9 nitrogen and oxygen atoms in total. The summed E-state index contributed by atoms with van der Waals surface area (Å²) in [6.07, 6.45) is 1.37. The van der Waals surface area contributed by atoms with Crippen molar-refractivity contribution >= 4 is 21.9 Å². The second kappa shape index (κ2) is 10.6. The van der Waals surface area contributed by atoms with Gasteiger partial charge in [0.2, 0.25) is 0 Å². The highest BCUT2D eigenvalue weighted by Gasteiger charge is 2.34. The number of hydrogen-bond acceptors (Lipinski definition) is 7. The number of amides is 2. The van der Waals surface area contributed by atoms with Crippen LogP contribution in [0.4, 0.5) is 0 Å². The molecule has 1 aliphatic rings. The molecule has 0 bridgehead atoms. The molecule has 1 heterocycles. The lowest BCUT2D eigenvalue weighted by Gasteiger charge is -2.29. The first-order chi connectivity index (χ1) is 13.0. The molecule has 0 aliphatic carbocycles. The van der Waals surface area contributed by atoms with Crippen molar-refractivity contribution in [1.82, 2.24) is 4.90 Å². The van der Waals surface area contributed by atoms with Crippen LogP contribution < -0.4 is 0 Å². The van der Waals surface area contributed by atoms with Gasteiger partial charge in [0.25, 0.3) is 11.8 Å². The van der Waals surface area contributed by atoms with E-state index >= 15 is 0 Å². The average Bonchev–Trinajstić information content (AvgIpc) is 2.83. The first-order valence-electron chi connectivity index (χ1n) is 8.83. The third-order valence-corrected chi connectivity index (χ3v) is 4.10. The molecule has 0 atom stereocenters. The van der Waals surface area contributed by atoms with E-state index in [1.54, 1.807) is 24.3 Å². The fraction of sp³-hybridized carbons (Fsp3) is 0.556. The molecule has 1 aromatic carbocycles. The molecule has 0 saturated heterocycles. The molecule has 0 unspecified atom stereocenters. The van der Waals surface area contributed by atoms with Gasteiger partial charge in [0.15, 0.2) is 0 Å². The molecular weight excluding hydrogens is 388 g/mol. The second-order valence-corrected chi connectivity index (χ2v) is 8.49. The molecule has 2 amide bonds. The SMILES string of the molecule is CS(=O)(=O)[O-].C[N+](C)(CCCO)CCOCCN1C(=O)c2ccccc2C1=O. The number of quaternary nitrogens is 1. The molecule has 0 aromatic heterocycles. The zero-order valence-electron chi connectivity index (χ0n) is 16.5. The number of ether oxygens (including phenoxy) is 1. The highest BCUT2D eigenvalue weighted by molar-refractivity contribution is 7.84. The second-order valence-electron chi connectivity index (χ2n) is 7.08. The van der Waals surface area contributed by atoms with Crippen molar-refractivity contribution in [2.75, 3.05) is 59.8 Å². The Kier molecular flexibility index (Phi) is 9.18. The molecule has 0 fully saturated rings. The summed E-state index contributed by atoms with van der Waals surface area (Å²) in [5.41, 5.74) is 0.943. The number of imide groups is 1. The Morgan fingerprint density at radius 3 is 2.04 bits per heavy atom. The quantitative estimate of drug-likeness (QED) is 0.258. The predicted octanol–water partition coefficient (Wildman–Crippen LogP) is -0.0806. The number of benzene rings is 1. The third kappa shape index (κ3) is 8.44. The van der Waals surface area contributed by atoms with Gasteiger partial charge in [-0.05, 0) is 12.1 Å². The first kappa shape index (κ1) is 24.2. The van der Waals surface area contributed by atoms with Gasteiger partial charge in [0, 0.05) is 19.3 Å². The van der Waals surface area contributed by atoms with Crippen molar-refractivity contribution in [2.24, 2.45) is 0 Å². The average molecular weight is 416 g/mol. The lowest BCUT2D eigenvalue weighted by Crippen LogP contribution is -2.43. The zero-order valence-corrected chi connectivity index (χ0v) is 17.3. The summed E-state index contributed by atoms with van der Waals surface area (Å²) in [5.74, 6) is -0.485. The summed E-state index contributed by atoms with van der Waals surface area (Å²) >= 11 is 0. The van der Waals surface area contributed by atoms with E-state index in [1.165, 1.54) is 4.90 Å². The van der Waals surface area contributed by atoms with E-state index < -0.39 is 10.1 Å². The molecule has 10 heteroatoms. The van der Waals surface area contributed by atoms with Crippen LogP contribution in [0.5, 0.6) is 0 Å². The number of hydrogen-bond donors (Lipinski definition) is 1. The largest absolute Gasteiger partial charge is 0.748 e. The van der Waals surface area contributed by atoms with Crippen molar-refractivity contribution in [2.45, 2.75) is 6.42 Å². The van der Waals surface area contributed by atoms with Crippen molar-refractivity contribution in [3.8, 4) is 0 Å². The molecule has 28 heavy (non-hydrogen) atoms. The van der Waals surface area contributed by atoms with Gasteiger partial charge in [-0.25, -0.2) is 8.42 Å². The molecule has 1 N–H and O–H groups in total. The fourth-order valence-electron chi connectivity index (χ4n) is 2.62. The number of nitrogens with zero attached hydrogens (tertiary/aromatic N) is 2. The van der Waals surface area contributed by atoms with E-state index in [9.17, 15) is 9.59 Å². The zero-order chi connectivity index (χ0) is 21.4. The van der Waals surface area contributed by atoms with Gasteiger partial charge in [0.1, 0.15) is 6.54 Å². The van der Waals surface area contributed by atoms with E-state index in [2.05, 4.69) is 14.1 Å². The van der Waals surface area contributed by atoms with E-state index in [4.69, 9.17) is 22.8 Å². The maximum absolute atomic E-state index is 12.2. The Labute approximate surface area is 165 Å². The number of aliphatic hydroxyl groups is 1. The number of likely N-dealkylation sites (N-methyl/N-ethyl adjacent to an activating group) is 1. The molecule has 158 valence electrons. The van der Waals surface area contributed by atoms with E-state index in [-0.39, 0.29) is 25.0 Å². The fourth-order valence-corrected chi connectivity index (χ4v) is 2.62. The lowest BCUT2D eigenvalue weighted by molar-refractivity contribution is -0.891. The van der Waals surface area contributed by atoms with Crippen LogP contribution >= 0.6 is 0 Å². The minimum absolute atomic E-state index is 0.197. The molecule has 1 aliphatic heterocycles. The Morgan fingerprint density at radius 1 is 1.07 bits per heavy atom. The van der Waals surface area contributed by atoms with Crippen LogP contribution in [0, 0.1) is 0 Å². The van der Waals surface area contributed by atoms with E-state index in [0.717, 1.165) is 24.0 Å². The van der Waals surface area contributed by atoms with Gasteiger partial charge >= 0.3 is 0 Å². The summed E-state index contributed by atoms with van der Waals surface area (Å²) in [4.78, 5) is 25.6. The number of carbonyl (C=O) groups is 2. The highest BCUT2D eigenvalue weighted by atomic mass is 32.2. The van der Waals surface area contributed by atoms with Crippen LogP contribution in [0.25, 0.3) is 0 Å². The molecule has 0 spiro atoms.